The summed E-state index contributed by atoms with van der Waals surface area (Å²) in [6.45, 7) is 12.2. The normalized spacial score (nSPS) is 13.1. The van der Waals surface area contributed by atoms with Crippen LogP contribution >= 0.6 is 0 Å². The van der Waals surface area contributed by atoms with Gasteiger partial charge in [0.1, 0.15) is 0 Å². The van der Waals surface area contributed by atoms with E-state index in [-0.39, 0.29) is 0 Å². The van der Waals surface area contributed by atoms with Gasteiger partial charge in [0.2, 0.25) is 0 Å². The quantitative estimate of drug-likeness (QED) is 0.109. The Balaban J connectivity index is 3.55. The fourth-order valence-electron chi connectivity index (χ4n) is 4.30. The third-order valence-electron chi connectivity index (χ3n) is 6.57. The van der Waals surface area contributed by atoms with Crippen molar-refractivity contribution in [3.8, 4) is 0 Å². The van der Waals surface area contributed by atoms with Crippen LogP contribution in [-0.4, -0.2) is 21.3 Å². The van der Waals surface area contributed by atoms with Gasteiger partial charge in [-0.15, -0.1) is 0 Å². The summed E-state index contributed by atoms with van der Waals surface area (Å²) in [5, 5.41) is 0. The summed E-state index contributed by atoms with van der Waals surface area (Å²) in [5.41, 5.74) is 0. The van der Waals surface area contributed by atoms with Crippen molar-refractivity contribution in [3.63, 3.8) is 0 Å². The molecular weight excluding hydrogens is 384 g/mol. The SMILES string of the molecule is CCCCCCCCCCCCCCCCCO[Si](CC)(CC)OC(C)CCCC. The molecule has 0 aromatic heterocycles. The average Bonchev–Trinajstić information content (AvgIpc) is 2.76. The zero-order valence-electron chi connectivity index (χ0n) is 21.7. The second kappa shape index (κ2) is 22.3. The largest absolute Gasteiger partial charge is 0.394 e. The Labute approximate surface area is 192 Å². The summed E-state index contributed by atoms with van der Waals surface area (Å²) in [6.07, 6.45) is 25.2. The first-order chi connectivity index (χ1) is 14.6. The molecule has 3 heteroatoms. The van der Waals surface area contributed by atoms with E-state index >= 15 is 0 Å². The van der Waals surface area contributed by atoms with Gasteiger partial charge in [-0.05, 0) is 31.9 Å². The maximum atomic E-state index is 6.48. The highest BCUT2D eigenvalue weighted by Crippen LogP contribution is 2.23. The Morgan fingerprint density at radius 3 is 1.33 bits per heavy atom. The molecule has 0 fully saturated rings. The molecule has 0 aliphatic carbocycles. The molecule has 0 radical (unpaired) electrons. The van der Waals surface area contributed by atoms with Crippen LogP contribution in [0.25, 0.3) is 0 Å². The van der Waals surface area contributed by atoms with Gasteiger partial charge >= 0.3 is 8.56 Å². The van der Waals surface area contributed by atoms with Gasteiger partial charge in [0, 0.05) is 12.7 Å². The minimum atomic E-state index is -1.96. The molecule has 1 unspecified atom stereocenters. The van der Waals surface area contributed by atoms with E-state index in [1.165, 1.54) is 116 Å². The lowest BCUT2D eigenvalue weighted by molar-refractivity contribution is 0.114. The van der Waals surface area contributed by atoms with Gasteiger partial charge in [-0.1, -0.05) is 130 Å². The van der Waals surface area contributed by atoms with Crippen molar-refractivity contribution in [2.24, 2.45) is 0 Å². The van der Waals surface area contributed by atoms with Crippen LogP contribution in [0, 0.1) is 0 Å². The van der Waals surface area contributed by atoms with E-state index in [0.29, 0.717) is 6.10 Å². The Kier molecular flexibility index (Phi) is 22.4. The fraction of sp³-hybridized carbons (Fsp3) is 1.00. The van der Waals surface area contributed by atoms with Gasteiger partial charge < -0.3 is 8.85 Å². The van der Waals surface area contributed by atoms with Crippen LogP contribution < -0.4 is 0 Å². The van der Waals surface area contributed by atoms with E-state index in [4.69, 9.17) is 8.85 Å². The first-order valence-electron chi connectivity index (χ1n) is 14.0. The predicted molar refractivity (Wildman–Crippen MR) is 138 cm³/mol. The van der Waals surface area contributed by atoms with E-state index in [1.54, 1.807) is 0 Å². The van der Waals surface area contributed by atoms with Gasteiger partial charge in [0.15, 0.2) is 0 Å². The molecule has 0 aliphatic heterocycles. The molecule has 0 saturated carbocycles. The molecule has 182 valence electrons. The van der Waals surface area contributed by atoms with Crippen molar-refractivity contribution in [2.75, 3.05) is 6.61 Å². The molecule has 2 nitrogen and oxygen atoms in total. The van der Waals surface area contributed by atoms with Gasteiger partial charge in [0.25, 0.3) is 0 Å². The molecule has 0 aromatic rings. The summed E-state index contributed by atoms with van der Waals surface area (Å²) in [4.78, 5) is 0. The van der Waals surface area contributed by atoms with E-state index in [2.05, 4.69) is 34.6 Å². The van der Waals surface area contributed by atoms with E-state index in [0.717, 1.165) is 18.7 Å². The second-order valence-electron chi connectivity index (χ2n) is 9.49. The maximum Gasteiger partial charge on any atom is 0.337 e. The first kappa shape index (κ1) is 30.1. The van der Waals surface area contributed by atoms with Gasteiger partial charge in [-0.25, -0.2) is 0 Å². The molecule has 0 spiro atoms. The van der Waals surface area contributed by atoms with Gasteiger partial charge in [-0.3, -0.25) is 0 Å². The zero-order valence-corrected chi connectivity index (χ0v) is 22.7. The summed E-state index contributed by atoms with van der Waals surface area (Å²) in [6, 6.07) is 2.16. The van der Waals surface area contributed by atoms with Crippen LogP contribution in [-0.2, 0) is 8.85 Å². The van der Waals surface area contributed by atoms with Crippen molar-refractivity contribution in [3.05, 3.63) is 0 Å². The monoisotopic (exact) mass is 442 g/mol. The van der Waals surface area contributed by atoms with Crippen LogP contribution in [0.5, 0.6) is 0 Å². The summed E-state index contributed by atoms with van der Waals surface area (Å²) >= 11 is 0. The predicted octanol–water partition coefficient (Wildman–Crippen LogP) is 9.95. The number of rotatable bonds is 24. The number of hydrogen-bond donors (Lipinski definition) is 0. The van der Waals surface area contributed by atoms with Crippen molar-refractivity contribution in [1.29, 1.82) is 0 Å². The third kappa shape index (κ3) is 17.8. The van der Waals surface area contributed by atoms with E-state index in [1.807, 2.05) is 0 Å². The lowest BCUT2D eigenvalue weighted by Gasteiger charge is -2.32. The van der Waals surface area contributed by atoms with Gasteiger partial charge in [-0.2, -0.15) is 0 Å². The van der Waals surface area contributed by atoms with Crippen LogP contribution in [0.1, 0.15) is 150 Å². The lowest BCUT2D eigenvalue weighted by Crippen LogP contribution is -2.43. The first-order valence-corrected chi connectivity index (χ1v) is 16.2. The van der Waals surface area contributed by atoms with Crippen LogP contribution in [0.4, 0.5) is 0 Å². The topological polar surface area (TPSA) is 18.5 Å². The molecule has 0 saturated heterocycles. The van der Waals surface area contributed by atoms with Crippen LogP contribution in [0.3, 0.4) is 0 Å². The van der Waals surface area contributed by atoms with Crippen molar-refractivity contribution in [2.45, 2.75) is 168 Å². The molecular formula is C27H58O2Si. The fourth-order valence-corrected chi connectivity index (χ4v) is 6.98. The lowest BCUT2D eigenvalue weighted by atomic mass is 10.0. The molecule has 0 aliphatic rings. The molecule has 0 heterocycles. The third-order valence-corrected chi connectivity index (χ3v) is 10.3. The van der Waals surface area contributed by atoms with Crippen molar-refractivity contribution in [1.82, 2.24) is 0 Å². The molecule has 0 N–H and O–H groups in total. The van der Waals surface area contributed by atoms with E-state index < -0.39 is 8.56 Å². The Morgan fingerprint density at radius 2 is 0.933 bits per heavy atom. The standard InChI is InChI=1S/C27H58O2Si/c1-6-10-12-13-14-15-16-17-18-19-20-21-22-23-24-26-28-30(8-3,9-4)29-27(5)25-11-7-2/h27H,6-26H2,1-5H3. The van der Waals surface area contributed by atoms with Crippen LogP contribution in [0.2, 0.25) is 12.1 Å². The minimum absolute atomic E-state index is 0.359. The molecule has 0 amide bonds. The highest BCUT2D eigenvalue weighted by molar-refractivity contribution is 6.67. The second-order valence-corrected chi connectivity index (χ2v) is 13.2. The van der Waals surface area contributed by atoms with Crippen molar-refractivity contribution >= 4 is 8.56 Å². The number of unbranched alkanes of at least 4 members (excludes halogenated alkanes) is 15. The summed E-state index contributed by atoms with van der Waals surface area (Å²) in [7, 11) is -1.96. The highest BCUT2D eigenvalue weighted by Gasteiger charge is 2.35. The molecule has 1 atom stereocenters. The Morgan fingerprint density at radius 1 is 0.533 bits per heavy atom. The zero-order chi connectivity index (χ0) is 22.3. The highest BCUT2D eigenvalue weighted by atomic mass is 28.4. The maximum absolute atomic E-state index is 6.48. The smallest absolute Gasteiger partial charge is 0.337 e. The Bertz CT molecular complexity index is 331. The summed E-state index contributed by atoms with van der Waals surface area (Å²) in [5.74, 6) is 0. The van der Waals surface area contributed by atoms with Crippen LogP contribution in [0.15, 0.2) is 0 Å². The summed E-state index contributed by atoms with van der Waals surface area (Å²) < 4.78 is 12.9. The minimum Gasteiger partial charge on any atom is -0.394 e. The molecule has 0 bridgehead atoms. The average molecular weight is 443 g/mol. The van der Waals surface area contributed by atoms with E-state index in [9.17, 15) is 0 Å². The molecule has 30 heavy (non-hydrogen) atoms. The molecule has 0 rings (SSSR count). The molecule has 0 aromatic carbocycles. The Hall–Kier alpha value is 0.137. The number of hydrogen-bond acceptors (Lipinski definition) is 2. The van der Waals surface area contributed by atoms with Crippen molar-refractivity contribution < 1.29 is 8.85 Å². The van der Waals surface area contributed by atoms with Gasteiger partial charge in [0.05, 0.1) is 0 Å².